The molecule has 10 heteroatoms. The number of carbonyl (C=O) groups is 4. The summed E-state index contributed by atoms with van der Waals surface area (Å²) in [4.78, 5) is 52.7. The molecule has 3 aliphatic heterocycles. The van der Waals surface area contributed by atoms with Crippen LogP contribution < -0.4 is 15.4 Å². The maximum Gasteiger partial charge on any atom is 0.261 e. The largest absolute Gasteiger partial charge is 0.491 e. The predicted molar refractivity (Wildman–Crippen MR) is 152 cm³/mol. The Labute approximate surface area is 242 Å². The lowest BCUT2D eigenvalue weighted by Crippen LogP contribution is -2.50. The van der Waals surface area contributed by atoms with Crippen molar-refractivity contribution in [2.75, 3.05) is 33.4 Å². The molecule has 3 aromatic carbocycles. The van der Waals surface area contributed by atoms with Gasteiger partial charge in [0.25, 0.3) is 23.6 Å². The Balaban J connectivity index is 1.09. The van der Waals surface area contributed by atoms with Gasteiger partial charge in [0, 0.05) is 31.1 Å². The van der Waals surface area contributed by atoms with Crippen LogP contribution in [0.25, 0.3) is 0 Å². The summed E-state index contributed by atoms with van der Waals surface area (Å²) >= 11 is 0. The third kappa shape index (κ3) is 4.72. The second-order valence-electron chi connectivity index (χ2n) is 10.8. The van der Waals surface area contributed by atoms with Gasteiger partial charge in [0.15, 0.2) is 6.29 Å². The molecule has 0 aliphatic carbocycles. The van der Waals surface area contributed by atoms with Gasteiger partial charge in [0.1, 0.15) is 12.4 Å². The molecule has 216 valence electrons. The molecule has 3 aliphatic rings. The fourth-order valence-corrected chi connectivity index (χ4v) is 5.76. The number of hydrogen-bond donors (Lipinski definition) is 2. The SMILES string of the molecule is CNC(=O)c1cc(C(=O)NCCC2OCC(N3C(=O)c4ccccc4C3=O)CO2)cc2c1OCC2(C)c1ccccc1. The van der Waals surface area contributed by atoms with E-state index in [0.29, 0.717) is 41.0 Å². The molecular formula is C32H31N3O7. The lowest BCUT2D eigenvalue weighted by molar-refractivity contribution is -0.198. The van der Waals surface area contributed by atoms with Crippen molar-refractivity contribution >= 4 is 23.6 Å². The van der Waals surface area contributed by atoms with Crippen molar-refractivity contribution in [3.05, 3.63) is 100 Å². The van der Waals surface area contributed by atoms with Crippen molar-refractivity contribution in [1.29, 1.82) is 0 Å². The molecule has 6 rings (SSSR count). The van der Waals surface area contributed by atoms with Gasteiger partial charge >= 0.3 is 0 Å². The standard InChI is InChI=1S/C32H31N3O7/c1-32(20-8-4-3-5-9-20)18-42-27-24(29(37)33-2)14-19(15-25(27)32)28(36)34-13-12-26-40-16-21(17-41-26)35-30(38)22-10-6-7-11-23(22)31(35)39/h3-11,14-15,21,26H,12-13,16-18H2,1-2H3,(H,33,37)(H,34,36). The molecule has 0 radical (unpaired) electrons. The van der Waals surface area contributed by atoms with Crippen molar-refractivity contribution in [3.63, 3.8) is 0 Å². The highest BCUT2D eigenvalue weighted by atomic mass is 16.7. The molecule has 1 unspecified atom stereocenters. The Kier molecular flexibility index (Phi) is 7.26. The molecule has 0 saturated carbocycles. The van der Waals surface area contributed by atoms with E-state index < -0.39 is 17.7 Å². The van der Waals surface area contributed by atoms with Crippen LogP contribution in [-0.2, 0) is 14.9 Å². The van der Waals surface area contributed by atoms with Crippen LogP contribution in [0.3, 0.4) is 0 Å². The van der Waals surface area contributed by atoms with E-state index in [4.69, 9.17) is 14.2 Å². The molecule has 10 nitrogen and oxygen atoms in total. The number of rotatable bonds is 7. The molecule has 4 amide bonds. The van der Waals surface area contributed by atoms with Gasteiger partial charge in [-0.25, -0.2) is 0 Å². The van der Waals surface area contributed by atoms with Gasteiger partial charge in [-0.2, -0.15) is 0 Å². The second-order valence-corrected chi connectivity index (χ2v) is 10.8. The Morgan fingerprint density at radius 2 is 1.57 bits per heavy atom. The van der Waals surface area contributed by atoms with E-state index in [1.165, 1.54) is 11.9 Å². The molecule has 0 bridgehead atoms. The molecule has 3 aromatic rings. The lowest BCUT2D eigenvalue weighted by atomic mass is 9.77. The number of carbonyl (C=O) groups excluding carboxylic acids is 4. The number of amides is 4. The van der Waals surface area contributed by atoms with Crippen LogP contribution >= 0.6 is 0 Å². The van der Waals surface area contributed by atoms with Gasteiger partial charge in [0.2, 0.25) is 0 Å². The van der Waals surface area contributed by atoms with Gasteiger partial charge < -0.3 is 24.8 Å². The monoisotopic (exact) mass is 569 g/mol. The zero-order chi connectivity index (χ0) is 29.4. The normalized spacial score (nSPS) is 22.8. The van der Waals surface area contributed by atoms with Crippen molar-refractivity contribution in [3.8, 4) is 5.75 Å². The van der Waals surface area contributed by atoms with Gasteiger partial charge in [-0.05, 0) is 36.8 Å². The summed E-state index contributed by atoms with van der Waals surface area (Å²) in [5.74, 6) is -0.899. The fraction of sp³-hybridized carbons (Fsp3) is 0.312. The minimum absolute atomic E-state index is 0.141. The molecule has 1 atom stereocenters. The average Bonchev–Trinajstić information content (AvgIpc) is 3.51. The zero-order valence-corrected chi connectivity index (χ0v) is 23.3. The zero-order valence-electron chi connectivity index (χ0n) is 23.3. The van der Waals surface area contributed by atoms with Crippen LogP contribution in [0.5, 0.6) is 5.75 Å². The Bertz CT molecular complexity index is 1530. The summed E-state index contributed by atoms with van der Waals surface area (Å²) in [5, 5.41) is 5.53. The van der Waals surface area contributed by atoms with E-state index in [0.717, 1.165) is 11.1 Å². The Hall–Kier alpha value is -4.54. The van der Waals surface area contributed by atoms with Crippen LogP contribution in [0.2, 0.25) is 0 Å². The van der Waals surface area contributed by atoms with Gasteiger partial charge in [-0.3, -0.25) is 24.1 Å². The summed E-state index contributed by atoms with van der Waals surface area (Å²) in [7, 11) is 1.54. The first-order chi connectivity index (χ1) is 20.3. The molecule has 42 heavy (non-hydrogen) atoms. The van der Waals surface area contributed by atoms with Crippen LogP contribution in [-0.4, -0.2) is 74.3 Å². The van der Waals surface area contributed by atoms with E-state index in [1.54, 1.807) is 36.4 Å². The smallest absolute Gasteiger partial charge is 0.261 e. The van der Waals surface area contributed by atoms with Gasteiger partial charge in [0.05, 0.1) is 41.4 Å². The summed E-state index contributed by atoms with van der Waals surface area (Å²) in [6.07, 6.45) is -0.244. The number of nitrogens with one attached hydrogen (secondary N) is 2. The molecule has 2 N–H and O–H groups in total. The molecule has 1 saturated heterocycles. The molecular weight excluding hydrogens is 538 g/mol. The van der Waals surface area contributed by atoms with Crippen molar-refractivity contribution in [2.24, 2.45) is 0 Å². The topological polar surface area (TPSA) is 123 Å². The first-order valence-electron chi connectivity index (χ1n) is 13.9. The first-order valence-corrected chi connectivity index (χ1v) is 13.9. The van der Waals surface area contributed by atoms with Crippen LogP contribution in [0.1, 0.15) is 65.9 Å². The molecule has 3 heterocycles. The van der Waals surface area contributed by atoms with Gasteiger partial charge in [-0.15, -0.1) is 0 Å². The summed E-state index contributed by atoms with van der Waals surface area (Å²) in [6, 6.07) is 19.4. The average molecular weight is 570 g/mol. The number of benzene rings is 3. The lowest BCUT2D eigenvalue weighted by Gasteiger charge is -2.33. The Morgan fingerprint density at radius 1 is 0.929 bits per heavy atom. The van der Waals surface area contributed by atoms with Crippen LogP contribution in [0, 0.1) is 0 Å². The maximum atomic E-state index is 13.3. The molecule has 0 spiro atoms. The maximum absolute atomic E-state index is 13.3. The number of imide groups is 1. The highest BCUT2D eigenvalue weighted by molar-refractivity contribution is 6.21. The van der Waals surface area contributed by atoms with Crippen molar-refractivity contribution < 1.29 is 33.4 Å². The fourth-order valence-electron chi connectivity index (χ4n) is 5.76. The third-order valence-corrected chi connectivity index (χ3v) is 8.14. The molecule has 0 aromatic heterocycles. The Morgan fingerprint density at radius 3 is 2.21 bits per heavy atom. The third-order valence-electron chi connectivity index (χ3n) is 8.14. The van der Waals surface area contributed by atoms with Crippen LogP contribution in [0.4, 0.5) is 0 Å². The number of ether oxygens (including phenoxy) is 3. The van der Waals surface area contributed by atoms with Crippen molar-refractivity contribution in [1.82, 2.24) is 15.5 Å². The van der Waals surface area contributed by atoms with Crippen LogP contribution in [0.15, 0.2) is 66.7 Å². The predicted octanol–water partition coefficient (Wildman–Crippen LogP) is 2.90. The summed E-state index contributed by atoms with van der Waals surface area (Å²) < 4.78 is 17.6. The van der Waals surface area contributed by atoms with E-state index >= 15 is 0 Å². The van der Waals surface area contributed by atoms with Crippen molar-refractivity contribution in [2.45, 2.75) is 31.1 Å². The summed E-state index contributed by atoms with van der Waals surface area (Å²) in [5.41, 5.74) is 2.68. The first kappa shape index (κ1) is 27.6. The second kappa shape index (κ2) is 11.0. The number of fused-ring (bicyclic) bond motifs is 2. The number of hydrogen-bond acceptors (Lipinski definition) is 7. The minimum Gasteiger partial charge on any atom is -0.491 e. The summed E-state index contributed by atoms with van der Waals surface area (Å²) in [6.45, 7) is 2.92. The molecule has 1 fully saturated rings. The highest BCUT2D eigenvalue weighted by Gasteiger charge is 2.42. The van der Waals surface area contributed by atoms with Gasteiger partial charge in [-0.1, -0.05) is 42.5 Å². The van der Waals surface area contributed by atoms with E-state index in [-0.39, 0.29) is 43.4 Å². The highest BCUT2D eigenvalue weighted by Crippen LogP contribution is 2.45. The quantitative estimate of drug-likeness (QED) is 0.420. The van der Waals surface area contributed by atoms with E-state index in [2.05, 4.69) is 10.6 Å². The minimum atomic E-state index is -0.604. The van der Waals surface area contributed by atoms with E-state index in [9.17, 15) is 19.2 Å². The number of nitrogens with zero attached hydrogens (tertiary/aromatic N) is 1. The van der Waals surface area contributed by atoms with E-state index in [1.807, 2.05) is 37.3 Å².